The fourth-order valence-corrected chi connectivity index (χ4v) is 10.1. The third-order valence-corrected chi connectivity index (χ3v) is 14.8. The molecule has 1 aliphatic carbocycles. The number of phenols is 1. The minimum absolute atomic E-state index is 0. The van der Waals surface area contributed by atoms with Crippen molar-refractivity contribution in [3.05, 3.63) is 167 Å². The van der Waals surface area contributed by atoms with E-state index in [1.165, 1.54) is 11.1 Å². The van der Waals surface area contributed by atoms with Crippen LogP contribution in [0.25, 0.3) is 72.7 Å². The number of hydrogen-bond acceptors (Lipinski definition) is 3. The van der Waals surface area contributed by atoms with Crippen molar-refractivity contribution in [2.45, 2.75) is 150 Å². The molecular weight excluding hydrogens is 1050 g/mol. The molecule has 1 aliphatic rings. The van der Waals surface area contributed by atoms with Crippen molar-refractivity contribution in [1.29, 1.82) is 0 Å². The Balaban J connectivity index is 0.00000693. The van der Waals surface area contributed by atoms with Gasteiger partial charge in [-0.1, -0.05) is 193 Å². The normalized spacial score (nSPS) is 15.3. The van der Waals surface area contributed by atoms with Crippen LogP contribution in [0.3, 0.4) is 0 Å². The molecule has 2 aromatic heterocycles. The molecule has 5 heteroatoms. The molecule has 0 amide bonds. The van der Waals surface area contributed by atoms with Crippen LogP contribution in [-0.2, 0) is 42.7 Å². The van der Waals surface area contributed by atoms with E-state index < -0.39 is 5.89 Å². The van der Waals surface area contributed by atoms with E-state index in [1.54, 1.807) is 0 Å². The van der Waals surface area contributed by atoms with Crippen molar-refractivity contribution in [2.75, 3.05) is 0 Å². The number of rotatable bonds is 7. The average Bonchev–Trinajstić information content (AvgIpc) is 3.71. The van der Waals surface area contributed by atoms with Crippen LogP contribution < -0.4 is 0 Å². The summed E-state index contributed by atoms with van der Waals surface area (Å²) in [6.07, 6.45) is 5.83. The van der Waals surface area contributed by atoms with Crippen LogP contribution >= 0.6 is 0 Å². The van der Waals surface area contributed by atoms with Crippen molar-refractivity contribution >= 4 is 11.0 Å². The number of hydrogen-bond donors (Lipinski definition) is 1. The van der Waals surface area contributed by atoms with Gasteiger partial charge >= 0.3 is 0 Å². The van der Waals surface area contributed by atoms with Gasteiger partial charge in [-0.3, -0.25) is 9.55 Å². The van der Waals surface area contributed by atoms with Crippen LogP contribution in [0.5, 0.6) is 5.75 Å². The summed E-state index contributed by atoms with van der Waals surface area (Å²) < 4.78 is 11.7. The Hall–Kier alpha value is -5.57. The van der Waals surface area contributed by atoms with Gasteiger partial charge < -0.3 is 5.11 Å². The Morgan fingerprint density at radius 3 is 1.85 bits per heavy atom. The van der Waals surface area contributed by atoms with Crippen molar-refractivity contribution in [1.82, 2.24) is 14.5 Å². The van der Waals surface area contributed by atoms with Crippen LogP contribution in [-0.4, -0.2) is 19.6 Å². The van der Waals surface area contributed by atoms with E-state index in [9.17, 15) is 6.48 Å². The second-order valence-corrected chi connectivity index (χ2v) is 24.9. The van der Waals surface area contributed by atoms with Gasteiger partial charge in [-0.2, -0.15) is 0 Å². The Morgan fingerprint density at radius 1 is 0.592 bits per heavy atom. The summed E-state index contributed by atoms with van der Waals surface area (Å²) in [6, 6.07) is 49.6. The van der Waals surface area contributed by atoms with Crippen LogP contribution in [0.15, 0.2) is 134 Å². The van der Waals surface area contributed by atoms with E-state index in [0.29, 0.717) is 16.8 Å². The maximum absolute atomic E-state index is 12.6. The number of aromatic hydroxyl groups is 1. The Labute approximate surface area is 441 Å². The molecule has 8 aromatic rings. The van der Waals surface area contributed by atoms with Crippen LogP contribution in [0.1, 0.15) is 158 Å². The first-order valence-corrected chi connectivity index (χ1v) is 25.5. The number of fused-ring (bicyclic) bond motifs is 1. The molecule has 0 saturated heterocycles. The summed E-state index contributed by atoms with van der Waals surface area (Å²) in [4.78, 5) is 10.7. The molecule has 1 saturated carbocycles. The summed E-state index contributed by atoms with van der Waals surface area (Å²) in [5.74, 6) is 0.388. The van der Waals surface area contributed by atoms with Gasteiger partial charge in [0, 0.05) is 45.5 Å². The molecule has 0 aliphatic heterocycles. The molecule has 9 rings (SSSR count). The minimum Gasteiger partial charge on any atom is -0.507 e. The van der Waals surface area contributed by atoms with E-state index in [1.807, 2.05) is 6.20 Å². The van der Waals surface area contributed by atoms with Crippen LogP contribution in [0, 0.1) is 11.5 Å². The molecule has 0 bridgehead atoms. The minimum atomic E-state index is -0.539. The smallest absolute Gasteiger partial charge is 0.148 e. The van der Waals surface area contributed by atoms with Gasteiger partial charge in [0.1, 0.15) is 11.6 Å². The maximum atomic E-state index is 12.6. The SMILES string of the molecule is [2H]C1(c2ccc(-c3ccnc(-c4[c-]c(-c5cccc6c5nc(-c5cc(C(C)(C)C)cc(C(C)(C)C)c5O)n6-c5ccc(C(C)(C)C)cc5-c5ccccc5)cc(C(C)(C)C)c4)c3)cc2)CCC(C)(C)CC1.[Pt]. The predicted molar refractivity (Wildman–Crippen MR) is 296 cm³/mol. The van der Waals surface area contributed by atoms with Crippen LogP contribution in [0.2, 0.25) is 0 Å². The fourth-order valence-electron chi connectivity index (χ4n) is 10.1. The van der Waals surface area contributed by atoms with Gasteiger partial charge in [0.2, 0.25) is 0 Å². The van der Waals surface area contributed by atoms with Gasteiger partial charge in [0.25, 0.3) is 0 Å². The summed E-state index contributed by atoms with van der Waals surface area (Å²) in [5, 5.41) is 12.6. The van der Waals surface area contributed by atoms with Gasteiger partial charge in [0.15, 0.2) is 0 Å². The second kappa shape index (κ2) is 19.1. The largest absolute Gasteiger partial charge is 0.507 e. The number of imidazole rings is 1. The quantitative estimate of drug-likeness (QED) is 0.162. The number of aromatic nitrogens is 3. The van der Waals surface area contributed by atoms with Gasteiger partial charge in [-0.15, -0.1) is 29.3 Å². The molecule has 0 unspecified atom stereocenters. The second-order valence-electron chi connectivity index (χ2n) is 24.9. The first kappa shape index (κ1) is 50.4. The summed E-state index contributed by atoms with van der Waals surface area (Å²) >= 11 is 0. The number of pyridine rings is 1. The molecule has 1 fully saturated rings. The Kier molecular flexibility index (Phi) is 13.6. The summed E-state index contributed by atoms with van der Waals surface area (Å²) in [7, 11) is 0. The predicted octanol–water partition coefficient (Wildman–Crippen LogP) is 18.1. The van der Waals surface area contributed by atoms with E-state index >= 15 is 0 Å². The van der Waals surface area contributed by atoms with E-state index in [2.05, 4.69) is 235 Å². The molecular formula is C66H74N3OPt-. The standard InChI is InChI=1S/C66H74N3O.Pt/c1-62(2,3)49-27-28-57(53(39-49)45-19-16-15-17-20-45)69-58-22-18-21-52(59(58)68-61(69)54-40-51(64(7,8)9)41-55(60(54)70)65(10,11)12)47-35-48(37-50(36-47)63(4,5)6)56-38-46(31-34-67-56)43-25-23-42(24-26-43)44-29-32-66(13,14)33-30-44;/h15-28,31,34,36-41,44,70H,29-30,32-33H2,1-14H3;/q-1;/i44D;. The molecule has 2 heterocycles. The molecule has 0 radical (unpaired) electrons. The van der Waals surface area contributed by atoms with Crippen LogP contribution in [0.4, 0.5) is 0 Å². The monoisotopic (exact) mass is 1120 g/mol. The Morgan fingerprint density at radius 2 is 1.21 bits per heavy atom. The fraction of sp³-hybridized carbons (Fsp3) is 0.364. The zero-order valence-electron chi connectivity index (χ0n) is 45.6. The molecule has 0 atom stereocenters. The third kappa shape index (κ3) is 10.7. The number of phenolic OH excluding ortho intramolecular Hbond substituents is 1. The first-order valence-electron chi connectivity index (χ1n) is 26.0. The van der Waals surface area contributed by atoms with Gasteiger partial charge in [0.05, 0.1) is 22.3 Å². The maximum Gasteiger partial charge on any atom is 0.148 e. The molecule has 1 N–H and O–H groups in total. The first-order chi connectivity index (χ1) is 33.2. The molecule has 4 nitrogen and oxygen atoms in total. The van der Waals surface area contributed by atoms with Crippen molar-refractivity contribution in [3.8, 4) is 67.5 Å². The zero-order chi connectivity index (χ0) is 51.1. The molecule has 0 spiro atoms. The van der Waals surface area contributed by atoms with Crippen molar-refractivity contribution in [2.24, 2.45) is 5.41 Å². The summed E-state index contributed by atoms with van der Waals surface area (Å²) in [6.45, 7) is 31.4. The Bertz CT molecular complexity index is 3270. The van der Waals surface area contributed by atoms with Gasteiger partial charge in [-0.25, -0.2) is 4.98 Å². The molecule has 71 heavy (non-hydrogen) atoms. The van der Waals surface area contributed by atoms with E-state index in [4.69, 9.17) is 9.97 Å². The van der Waals surface area contributed by atoms with E-state index in [0.717, 1.165) is 104 Å². The summed E-state index contributed by atoms with van der Waals surface area (Å²) in [5.41, 5.74) is 16.5. The number of nitrogens with zero attached hydrogens (tertiary/aromatic N) is 3. The van der Waals surface area contributed by atoms with E-state index in [-0.39, 0.29) is 48.5 Å². The molecule has 6 aromatic carbocycles. The third-order valence-electron chi connectivity index (χ3n) is 14.8. The van der Waals surface area contributed by atoms with Crippen molar-refractivity contribution < 1.29 is 27.5 Å². The van der Waals surface area contributed by atoms with Gasteiger partial charge in [-0.05, 0) is 122 Å². The number of benzene rings is 6. The number of para-hydroxylation sites is 1. The van der Waals surface area contributed by atoms with Crippen molar-refractivity contribution in [3.63, 3.8) is 0 Å². The molecule has 370 valence electrons. The topological polar surface area (TPSA) is 50.9 Å². The zero-order valence-corrected chi connectivity index (χ0v) is 46.9. The average molecular weight is 1120 g/mol.